The van der Waals surface area contributed by atoms with E-state index < -0.39 is 17.2 Å². The van der Waals surface area contributed by atoms with Crippen LogP contribution in [0.3, 0.4) is 0 Å². The maximum absolute atomic E-state index is 12.8. The van der Waals surface area contributed by atoms with Crippen molar-refractivity contribution in [2.75, 3.05) is 33.4 Å². The van der Waals surface area contributed by atoms with Gasteiger partial charge in [-0.2, -0.15) is 9.78 Å². The number of halogens is 1. The highest BCUT2D eigenvalue weighted by Gasteiger charge is 2.24. The highest BCUT2D eigenvalue weighted by molar-refractivity contribution is 9.10. The Morgan fingerprint density at radius 2 is 1.79 bits per heavy atom. The number of benzene rings is 2. The number of carbonyl (C=O) groups is 1. The molecule has 1 aliphatic heterocycles. The Balaban J connectivity index is 1.68. The van der Waals surface area contributed by atoms with E-state index in [1.165, 1.54) is 4.90 Å². The second-order valence-electron chi connectivity index (χ2n) is 7.73. The van der Waals surface area contributed by atoms with E-state index >= 15 is 0 Å². The van der Waals surface area contributed by atoms with Gasteiger partial charge in [0.15, 0.2) is 0 Å². The number of aromatic amines is 1. The average Bonchev–Trinajstić information content (AvgIpc) is 2.81. The third-order valence-corrected chi connectivity index (χ3v) is 5.98. The Bertz CT molecular complexity index is 1340. The molecule has 34 heavy (non-hydrogen) atoms. The van der Waals surface area contributed by atoms with Crippen molar-refractivity contribution in [3.05, 3.63) is 72.5 Å². The van der Waals surface area contributed by atoms with Crippen LogP contribution in [0.25, 0.3) is 5.69 Å². The van der Waals surface area contributed by atoms with Gasteiger partial charge in [-0.25, -0.2) is 4.79 Å². The van der Waals surface area contributed by atoms with Gasteiger partial charge in [-0.1, -0.05) is 0 Å². The third-order valence-electron chi connectivity index (χ3n) is 5.36. The molecule has 1 fully saturated rings. The molecule has 0 atom stereocenters. The predicted octanol–water partition coefficient (Wildman–Crippen LogP) is 2.57. The van der Waals surface area contributed by atoms with E-state index in [4.69, 9.17) is 14.2 Å². The van der Waals surface area contributed by atoms with E-state index in [0.29, 0.717) is 49.2 Å². The number of H-pyrrole nitrogens is 1. The van der Waals surface area contributed by atoms with Gasteiger partial charge < -0.3 is 19.1 Å². The average molecular weight is 531 g/mol. The van der Waals surface area contributed by atoms with Crippen LogP contribution in [0.15, 0.2) is 44.4 Å². The zero-order valence-corrected chi connectivity index (χ0v) is 20.5. The number of nitrogens with one attached hydrogen (secondary N) is 1. The van der Waals surface area contributed by atoms with Crippen molar-refractivity contribution >= 4 is 21.8 Å². The lowest BCUT2D eigenvalue weighted by Crippen LogP contribution is -2.45. The summed E-state index contributed by atoms with van der Waals surface area (Å²) in [6.07, 6.45) is 0. The zero-order valence-electron chi connectivity index (χ0n) is 18.9. The van der Waals surface area contributed by atoms with Gasteiger partial charge in [0.1, 0.15) is 17.2 Å². The van der Waals surface area contributed by atoms with E-state index in [1.54, 1.807) is 37.4 Å². The summed E-state index contributed by atoms with van der Waals surface area (Å²) in [4.78, 5) is 41.4. The molecule has 4 rings (SSSR count). The Morgan fingerprint density at radius 3 is 2.41 bits per heavy atom. The summed E-state index contributed by atoms with van der Waals surface area (Å²) in [6, 6.07) is 8.78. The highest BCUT2D eigenvalue weighted by atomic mass is 79.9. The molecule has 1 aliphatic rings. The number of morpholine rings is 1. The summed E-state index contributed by atoms with van der Waals surface area (Å²) >= 11 is 3.44. The van der Waals surface area contributed by atoms with Gasteiger partial charge in [0, 0.05) is 13.1 Å². The van der Waals surface area contributed by atoms with E-state index in [0.717, 1.165) is 20.3 Å². The minimum Gasteiger partial charge on any atom is -0.496 e. The van der Waals surface area contributed by atoms with Crippen LogP contribution in [-0.4, -0.2) is 59.0 Å². The number of hydrogen-bond acceptors (Lipinski definition) is 7. The fraction of sp³-hybridized carbons (Fsp3) is 0.304. The number of aryl methyl sites for hydroxylation is 2. The molecule has 0 unspecified atom stereocenters. The first-order valence-corrected chi connectivity index (χ1v) is 11.3. The topological polar surface area (TPSA) is 116 Å². The number of methoxy groups -OCH3 is 1. The number of aromatic nitrogens is 3. The normalized spacial score (nSPS) is 13.6. The monoisotopic (exact) mass is 530 g/mol. The van der Waals surface area contributed by atoms with Gasteiger partial charge >= 0.3 is 5.69 Å². The van der Waals surface area contributed by atoms with E-state index in [9.17, 15) is 14.4 Å². The lowest BCUT2D eigenvalue weighted by Gasteiger charge is -2.26. The molecule has 0 spiro atoms. The molecular weight excluding hydrogens is 508 g/mol. The van der Waals surface area contributed by atoms with Crippen LogP contribution in [0.4, 0.5) is 0 Å². The molecular formula is C23H23BrN4O6. The molecule has 3 aromatic rings. The molecule has 178 valence electrons. The molecule has 1 saturated heterocycles. The first kappa shape index (κ1) is 23.7. The van der Waals surface area contributed by atoms with Crippen LogP contribution < -0.4 is 20.7 Å². The maximum atomic E-state index is 12.8. The van der Waals surface area contributed by atoms with Crippen LogP contribution in [0, 0.1) is 13.8 Å². The number of rotatable bonds is 5. The minimum atomic E-state index is -0.823. The summed E-state index contributed by atoms with van der Waals surface area (Å²) < 4.78 is 18.3. The van der Waals surface area contributed by atoms with Gasteiger partial charge in [0.25, 0.3) is 11.5 Å². The largest absolute Gasteiger partial charge is 0.496 e. The Hall–Kier alpha value is -3.44. The summed E-state index contributed by atoms with van der Waals surface area (Å²) in [5.41, 5.74) is -0.0344. The van der Waals surface area contributed by atoms with Crippen LogP contribution in [0.2, 0.25) is 0 Å². The summed E-state index contributed by atoms with van der Waals surface area (Å²) in [7, 11) is 1.58. The third kappa shape index (κ3) is 4.75. The van der Waals surface area contributed by atoms with Crippen molar-refractivity contribution in [3.63, 3.8) is 0 Å². The maximum Gasteiger partial charge on any atom is 0.349 e. The first-order chi connectivity index (χ1) is 16.3. The quantitative estimate of drug-likeness (QED) is 0.538. The molecule has 11 heteroatoms. The molecule has 0 aliphatic carbocycles. The van der Waals surface area contributed by atoms with Gasteiger partial charge in [-0.05, 0) is 71.2 Å². The van der Waals surface area contributed by atoms with Gasteiger partial charge in [0.2, 0.25) is 5.69 Å². The van der Waals surface area contributed by atoms with Crippen molar-refractivity contribution in [1.29, 1.82) is 0 Å². The summed E-state index contributed by atoms with van der Waals surface area (Å²) in [5.74, 6) is 1.35. The molecule has 1 aromatic heterocycles. The van der Waals surface area contributed by atoms with E-state index in [1.807, 2.05) is 13.8 Å². The molecule has 10 nitrogen and oxygen atoms in total. The molecule has 0 saturated carbocycles. The Labute approximate surface area is 203 Å². The fourth-order valence-electron chi connectivity index (χ4n) is 3.67. The van der Waals surface area contributed by atoms with E-state index in [-0.39, 0.29) is 5.69 Å². The number of amides is 1. The van der Waals surface area contributed by atoms with Crippen molar-refractivity contribution in [1.82, 2.24) is 19.7 Å². The van der Waals surface area contributed by atoms with Gasteiger partial charge in [0.05, 0.1) is 30.5 Å². The Kier molecular flexibility index (Phi) is 6.85. The van der Waals surface area contributed by atoms with Crippen molar-refractivity contribution < 1.29 is 19.0 Å². The van der Waals surface area contributed by atoms with Crippen LogP contribution in [0.5, 0.6) is 17.2 Å². The van der Waals surface area contributed by atoms with Crippen LogP contribution in [0.1, 0.15) is 21.6 Å². The van der Waals surface area contributed by atoms with Crippen LogP contribution in [-0.2, 0) is 4.74 Å². The molecule has 0 radical (unpaired) electrons. The van der Waals surface area contributed by atoms with Crippen molar-refractivity contribution in [3.8, 4) is 22.9 Å². The molecule has 1 amide bonds. The minimum absolute atomic E-state index is 0.347. The predicted molar refractivity (Wildman–Crippen MR) is 127 cm³/mol. The zero-order chi connectivity index (χ0) is 24.4. The second-order valence-corrected chi connectivity index (χ2v) is 8.59. The lowest BCUT2D eigenvalue weighted by atomic mass is 10.1. The molecule has 2 aromatic carbocycles. The highest BCUT2D eigenvalue weighted by Crippen LogP contribution is 2.34. The summed E-state index contributed by atoms with van der Waals surface area (Å²) in [5, 5.41) is 4.11. The van der Waals surface area contributed by atoms with Gasteiger partial charge in [-0.15, -0.1) is 0 Å². The van der Waals surface area contributed by atoms with E-state index in [2.05, 4.69) is 26.0 Å². The second kappa shape index (κ2) is 9.82. The van der Waals surface area contributed by atoms with Crippen LogP contribution >= 0.6 is 15.9 Å². The fourth-order valence-corrected chi connectivity index (χ4v) is 4.19. The number of ether oxygens (including phenoxy) is 3. The molecule has 2 heterocycles. The standard InChI is InChI=1S/C23H23BrN4O6/c1-13-10-15(11-14(2)20(13)34-16-4-5-18(32-3)17(24)12-16)28-23(31)25-21(29)19(26-28)22(30)27-6-8-33-9-7-27/h4-5,10-12H,6-9H2,1-3H3,(H,25,29,31). The molecule has 0 bridgehead atoms. The molecule has 1 N–H and O–H groups in total. The number of hydrogen-bond donors (Lipinski definition) is 1. The SMILES string of the molecule is COc1ccc(Oc2c(C)cc(-n3nc(C(=O)N4CCOCC4)c(=O)[nH]c3=O)cc2C)cc1Br. The lowest BCUT2D eigenvalue weighted by molar-refractivity contribution is 0.0296. The summed E-state index contributed by atoms with van der Waals surface area (Å²) in [6.45, 7) is 5.14. The van der Waals surface area contributed by atoms with Crippen molar-refractivity contribution in [2.24, 2.45) is 0 Å². The first-order valence-electron chi connectivity index (χ1n) is 10.5. The van der Waals surface area contributed by atoms with Crippen molar-refractivity contribution in [2.45, 2.75) is 13.8 Å². The number of nitrogens with zero attached hydrogens (tertiary/aromatic N) is 3. The Morgan fingerprint density at radius 1 is 1.12 bits per heavy atom. The smallest absolute Gasteiger partial charge is 0.349 e. The number of carbonyl (C=O) groups excluding carboxylic acids is 1. The van der Waals surface area contributed by atoms with Gasteiger partial charge in [-0.3, -0.25) is 14.6 Å².